The molecule has 0 unspecified atom stereocenters. The Hall–Kier alpha value is -2.02. The molecule has 0 aromatic carbocycles. The minimum absolute atomic E-state index is 0.538. The van der Waals surface area contributed by atoms with Gasteiger partial charge < -0.3 is 4.74 Å². The Morgan fingerprint density at radius 3 is 2.64 bits per heavy atom. The third-order valence-electron chi connectivity index (χ3n) is 3.56. The molecule has 0 saturated heterocycles. The molecule has 1 aliphatic carbocycles. The van der Waals surface area contributed by atoms with Crippen molar-refractivity contribution in [2.75, 3.05) is 5.43 Å². The quantitative estimate of drug-likeness (QED) is 0.754. The first-order chi connectivity index (χ1) is 11.8. The lowest BCUT2D eigenvalue weighted by Crippen LogP contribution is -2.36. The van der Waals surface area contributed by atoms with Crippen molar-refractivity contribution in [1.82, 2.24) is 15.4 Å². The largest absolute Gasteiger partial charge is 0.443 e. The van der Waals surface area contributed by atoms with Crippen LogP contribution in [0.2, 0.25) is 0 Å². The SMILES string of the molecule is C=CS/C(=C\C)c1nc2c(c(NNC(=O)OC(C)(C)C)n1)CCCC2. The number of carbonyl (C=O) groups is 1. The van der Waals surface area contributed by atoms with Gasteiger partial charge in [0, 0.05) is 11.3 Å². The molecule has 1 heterocycles. The van der Waals surface area contributed by atoms with Crippen LogP contribution >= 0.6 is 11.8 Å². The average molecular weight is 362 g/mol. The van der Waals surface area contributed by atoms with E-state index in [1.165, 1.54) is 11.8 Å². The van der Waals surface area contributed by atoms with Gasteiger partial charge in [0.15, 0.2) is 11.6 Å². The fourth-order valence-corrected chi connectivity index (χ4v) is 3.07. The van der Waals surface area contributed by atoms with Gasteiger partial charge in [-0.15, -0.1) is 0 Å². The van der Waals surface area contributed by atoms with Crippen LogP contribution in [0.25, 0.3) is 4.91 Å². The van der Waals surface area contributed by atoms with Gasteiger partial charge in [0.25, 0.3) is 0 Å². The predicted molar refractivity (Wildman–Crippen MR) is 103 cm³/mol. The first kappa shape index (κ1) is 19.3. The summed E-state index contributed by atoms with van der Waals surface area (Å²) < 4.78 is 5.26. The summed E-state index contributed by atoms with van der Waals surface area (Å²) in [5.74, 6) is 1.27. The van der Waals surface area contributed by atoms with E-state index in [4.69, 9.17) is 9.72 Å². The van der Waals surface area contributed by atoms with E-state index in [0.29, 0.717) is 11.6 Å². The normalized spacial score (nSPS) is 14.5. The first-order valence-corrected chi connectivity index (χ1v) is 9.31. The lowest BCUT2D eigenvalue weighted by molar-refractivity contribution is 0.0540. The summed E-state index contributed by atoms with van der Waals surface area (Å²) in [6.45, 7) is 11.2. The van der Waals surface area contributed by atoms with Gasteiger partial charge in [-0.1, -0.05) is 24.4 Å². The maximum atomic E-state index is 11.9. The molecule has 0 spiro atoms. The molecule has 0 fully saturated rings. The summed E-state index contributed by atoms with van der Waals surface area (Å²) in [5.41, 5.74) is 7.03. The van der Waals surface area contributed by atoms with Crippen molar-refractivity contribution in [1.29, 1.82) is 0 Å². The molecule has 1 aromatic heterocycles. The molecule has 25 heavy (non-hydrogen) atoms. The van der Waals surface area contributed by atoms with Crippen molar-refractivity contribution in [3.05, 3.63) is 35.1 Å². The average Bonchev–Trinajstić information content (AvgIpc) is 2.55. The minimum atomic E-state index is -0.555. The third kappa shape index (κ3) is 5.49. The number of aromatic nitrogens is 2. The summed E-state index contributed by atoms with van der Waals surface area (Å²) in [4.78, 5) is 22.2. The third-order valence-corrected chi connectivity index (χ3v) is 4.40. The fraction of sp³-hybridized carbons (Fsp3) is 0.500. The number of hydrogen-bond acceptors (Lipinski definition) is 6. The summed E-state index contributed by atoms with van der Waals surface area (Å²) in [6.07, 6.45) is 5.44. The van der Waals surface area contributed by atoms with E-state index in [-0.39, 0.29) is 0 Å². The number of hydrazine groups is 1. The van der Waals surface area contributed by atoms with E-state index in [0.717, 1.165) is 41.8 Å². The number of anilines is 1. The second-order valence-corrected chi connectivity index (χ2v) is 7.73. The maximum absolute atomic E-state index is 11.9. The zero-order chi connectivity index (χ0) is 18.4. The van der Waals surface area contributed by atoms with E-state index in [1.54, 1.807) is 5.41 Å². The number of fused-ring (bicyclic) bond motifs is 1. The van der Waals surface area contributed by atoms with Crippen molar-refractivity contribution in [3.63, 3.8) is 0 Å². The summed E-state index contributed by atoms with van der Waals surface area (Å²) in [6, 6.07) is 0. The van der Waals surface area contributed by atoms with Crippen LogP contribution in [-0.2, 0) is 17.6 Å². The Balaban J connectivity index is 2.26. The highest BCUT2D eigenvalue weighted by Crippen LogP contribution is 2.31. The van der Waals surface area contributed by atoms with Crippen LogP contribution < -0.4 is 10.9 Å². The second-order valence-electron chi connectivity index (χ2n) is 6.72. The molecule has 0 saturated carbocycles. The van der Waals surface area contributed by atoms with Crippen LogP contribution in [0.3, 0.4) is 0 Å². The Labute approximate surface area is 153 Å². The summed E-state index contributed by atoms with van der Waals surface area (Å²) in [7, 11) is 0. The van der Waals surface area contributed by atoms with E-state index in [9.17, 15) is 4.79 Å². The van der Waals surface area contributed by atoms with Crippen molar-refractivity contribution in [2.45, 2.75) is 59.0 Å². The fourth-order valence-electron chi connectivity index (χ4n) is 2.56. The van der Waals surface area contributed by atoms with Crippen molar-refractivity contribution < 1.29 is 9.53 Å². The van der Waals surface area contributed by atoms with Crippen LogP contribution in [0.1, 0.15) is 57.6 Å². The number of aryl methyl sites for hydroxylation is 1. The topological polar surface area (TPSA) is 76.1 Å². The van der Waals surface area contributed by atoms with E-state index < -0.39 is 11.7 Å². The second kappa shape index (κ2) is 8.38. The Morgan fingerprint density at radius 1 is 1.28 bits per heavy atom. The molecule has 1 aromatic rings. The molecule has 0 radical (unpaired) electrons. The number of hydrogen-bond donors (Lipinski definition) is 2. The molecular formula is C18H26N4O2S. The molecule has 2 N–H and O–H groups in total. The molecule has 6 nitrogen and oxygen atoms in total. The smallest absolute Gasteiger partial charge is 0.426 e. The monoisotopic (exact) mass is 362 g/mol. The number of rotatable bonds is 5. The van der Waals surface area contributed by atoms with Gasteiger partial charge in [-0.3, -0.25) is 5.43 Å². The van der Waals surface area contributed by atoms with Crippen LogP contribution in [-0.4, -0.2) is 21.7 Å². The zero-order valence-corrected chi connectivity index (χ0v) is 16.1. The lowest BCUT2D eigenvalue weighted by atomic mass is 9.96. The Morgan fingerprint density at radius 2 is 2.00 bits per heavy atom. The molecule has 7 heteroatoms. The molecule has 0 aliphatic heterocycles. The van der Waals surface area contributed by atoms with Gasteiger partial charge in [0.05, 0.1) is 4.91 Å². The molecule has 0 bridgehead atoms. The van der Waals surface area contributed by atoms with E-state index >= 15 is 0 Å². The summed E-state index contributed by atoms with van der Waals surface area (Å²) >= 11 is 1.48. The highest BCUT2D eigenvalue weighted by Gasteiger charge is 2.21. The number of ether oxygens (including phenoxy) is 1. The Kier molecular flexibility index (Phi) is 6.47. The summed E-state index contributed by atoms with van der Waals surface area (Å²) in [5, 5.41) is 1.75. The van der Waals surface area contributed by atoms with Gasteiger partial charge in [-0.05, 0) is 58.8 Å². The molecule has 136 valence electrons. The van der Waals surface area contributed by atoms with Crippen LogP contribution in [0.4, 0.5) is 10.6 Å². The molecule has 2 rings (SSSR count). The van der Waals surface area contributed by atoms with Gasteiger partial charge in [-0.25, -0.2) is 20.2 Å². The van der Waals surface area contributed by atoms with Gasteiger partial charge in [0.1, 0.15) is 5.60 Å². The van der Waals surface area contributed by atoms with E-state index in [2.05, 4.69) is 22.4 Å². The van der Waals surface area contributed by atoms with Crippen LogP contribution in [0, 0.1) is 0 Å². The van der Waals surface area contributed by atoms with E-state index in [1.807, 2.05) is 33.8 Å². The zero-order valence-electron chi connectivity index (χ0n) is 15.3. The first-order valence-electron chi connectivity index (χ1n) is 8.43. The van der Waals surface area contributed by atoms with Crippen molar-refractivity contribution in [3.8, 4) is 0 Å². The van der Waals surface area contributed by atoms with Crippen LogP contribution in [0.15, 0.2) is 18.1 Å². The standard InChI is InChI=1S/C18H26N4O2S/c1-6-14(25-7-2)16-19-13-11-9-8-10-12(13)15(20-16)21-22-17(23)24-18(3,4)5/h6-7H,2,8-11H2,1,3-5H3,(H,22,23)(H,19,20,21)/b14-6-. The van der Waals surface area contributed by atoms with Crippen LogP contribution in [0.5, 0.6) is 0 Å². The molecule has 1 aliphatic rings. The minimum Gasteiger partial charge on any atom is -0.443 e. The van der Waals surface area contributed by atoms with Gasteiger partial charge in [-0.2, -0.15) is 0 Å². The number of carbonyl (C=O) groups excluding carboxylic acids is 1. The van der Waals surface area contributed by atoms with Crippen molar-refractivity contribution >= 4 is 28.6 Å². The number of nitrogens with one attached hydrogen (secondary N) is 2. The molecule has 0 atom stereocenters. The van der Waals surface area contributed by atoms with Gasteiger partial charge >= 0.3 is 6.09 Å². The number of nitrogens with zero attached hydrogens (tertiary/aromatic N) is 2. The van der Waals surface area contributed by atoms with Crippen molar-refractivity contribution in [2.24, 2.45) is 0 Å². The number of thioether (sulfide) groups is 1. The van der Waals surface area contributed by atoms with Gasteiger partial charge in [0.2, 0.25) is 0 Å². The Bertz CT molecular complexity index is 680. The highest BCUT2D eigenvalue weighted by atomic mass is 32.2. The molecule has 1 amide bonds. The predicted octanol–water partition coefficient (Wildman–Crippen LogP) is 4.44. The number of allylic oxidation sites excluding steroid dienone is 1. The lowest BCUT2D eigenvalue weighted by Gasteiger charge is -2.22. The number of amides is 1. The molecular weight excluding hydrogens is 336 g/mol. The highest BCUT2D eigenvalue weighted by molar-refractivity contribution is 8.10. The maximum Gasteiger partial charge on any atom is 0.426 e.